The Labute approximate surface area is 117 Å². The van der Waals surface area contributed by atoms with Gasteiger partial charge in [0.1, 0.15) is 5.75 Å². The molecule has 0 bridgehead atoms. The van der Waals surface area contributed by atoms with E-state index in [0.717, 1.165) is 10.8 Å². The number of hydrogen-bond acceptors (Lipinski definition) is 4. The first-order valence-electron chi connectivity index (χ1n) is 5.65. The van der Waals surface area contributed by atoms with Gasteiger partial charge in [-0.25, -0.2) is 9.89 Å². The number of aromatic nitrogens is 3. The van der Waals surface area contributed by atoms with E-state index in [0.29, 0.717) is 10.8 Å². The summed E-state index contributed by atoms with van der Waals surface area (Å²) < 4.78 is 5.43. The number of carboxylic acid groups (broad SMARTS) is 1. The smallest absolute Gasteiger partial charge is 0.359 e. The van der Waals surface area contributed by atoms with Crippen LogP contribution in [0.25, 0.3) is 10.8 Å². The van der Waals surface area contributed by atoms with Crippen LogP contribution in [0.1, 0.15) is 10.5 Å². The van der Waals surface area contributed by atoms with Crippen molar-refractivity contribution in [1.82, 2.24) is 15.4 Å². The zero-order chi connectivity index (χ0) is 14.1. The van der Waals surface area contributed by atoms with Crippen molar-refractivity contribution >= 4 is 28.3 Å². The number of aromatic carboxylic acids is 1. The lowest BCUT2D eigenvalue weighted by Crippen LogP contribution is -1.99. The molecule has 0 fully saturated rings. The van der Waals surface area contributed by atoms with Gasteiger partial charge >= 0.3 is 5.97 Å². The lowest BCUT2D eigenvalue weighted by atomic mass is 10.1. The highest BCUT2D eigenvalue weighted by Crippen LogP contribution is 2.27. The Balaban J connectivity index is 1.96. The first-order chi connectivity index (χ1) is 9.63. The Morgan fingerprint density at radius 2 is 1.95 bits per heavy atom. The van der Waals surface area contributed by atoms with E-state index in [1.165, 1.54) is 0 Å². The van der Waals surface area contributed by atoms with Gasteiger partial charge in [0.25, 0.3) is 5.88 Å². The van der Waals surface area contributed by atoms with Crippen molar-refractivity contribution in [3.05, 3.63) is 47.1 Å². The Morgan fingerprint density at radius 3 is 2.75 bits per heavy atom. The summed E-state index contributed by atoms with van der Waals surface area (Å²) in [6.07, 6.45) is 0. The number of carboxylic acids is 1. The number of ether oxygens (including phenoxy) is 1. The van der Waals surface area contributed by atoms with Gasteiger partial charge in [-0.1, -0.05) is 34.0 Å². The van der Waals surface area contributed by atoms with Crippen molar-refractivity contribution < 1.29 is 14.6 Å². The number of H-pyrrole nitrogens is 1. The van der Waals surface area contributed by atoms with Crippen molar-refractivity contribution in [2.24, 2.45) is 0 Å². The van der Waals surface area contributed by atoms with Crippen LogP contribution in [0.2, 0.25) is 5.02 Å². The van der Waals surface area contributed by atoms with Crippen LogP contribution in [0.5, 0.6) is 11.6 Å². The fourth-order valence-electron chi connectivity index (χ4n) is 1.80. The van der Waals surface area contributed by atoms with Crippen LogP contribution in [0, 0.1) is 0 Å². The van der Waals surface area contributed by atoms with E-state index in [4.69, 9.17) is 21.4 Å². The van der Waals surface area contributed by atoms with Crippen LogP contribution < -0.4 is 4.74 Å². The molecule has 20 heavy (non-hydrogen) atoms. The maximum Gasteiger partial charge on any atom is 0.359 e. The minimum Gasteiger partial charge on any atom is -0.476 e. The van der Waals surface area contributed by atoms with Crippen molar-refractivity contribution in [1.29, 1.82) is 0 Å². The molecular weight excluding hydrogens is 282 g/mol. The standard InChI is InChI=1S/C13H8ClN3O3/c14-9-3-1-8-6-10(4-2-7(8)5-9)20-12-11(13(18)19)15-17-16-12/h1-6H,(H,18,19)(H,15,16,17). The number of nitrogens with zero attached hydrogens (tertiary/aromatic N) is 2. The van der Waals surface area contributed by atoms with Gasteiger partial charge in [0.15, 0.2) is 0 Å². The molecule has 0 atom stereocenters. The third-order valence-corrected chi connectivity index (χ3v) is 2.95. The molecule has 0 aliphatic rings. The largest absolute Gasteiger partial charge is 0.476 e. The normalized spacial score (nSPS) is 10.7. The number of carbonyl (C=O) groups is 1. The van der Waals surface area contributed by atoms with E-state index >= 15 is 0 Å². The van der Waals surface area contributed by atoms with Crippen molar-refractivity contribution in [3.8, 4) is 11.6 Å². The number of rotatable bonds is 3. The third kappa shape index (κ3) is 2.28. The van der Waals surface area contributed by atoms with E-state index in [-0.39, 0.29) is 11.6 Å². The third-order valence-electron chi connectivity index (χ3n) is 2.72. The minimum atomic E-state index is -1.18. The van der Waals surface area contributed by atoms with Gasteiger partial charge in [0, 0.05) is 5.02 Å². The molecule has 0 amide bonds. The molecule has 1 aromatic heterocycles. The molecule has 6 nitrogen and oxygen atoms in total. The summed E-state index contributed by atoms with van der Waals surface area (Å²) in [6, 6.07) is 10.8. The SMILES string of the molecule is O=C(O)c1[nH]nnc1Oc1ccc2cc(Cl)ccc2c1. The molecule has 0 aliphatic carbocycles. The predicted molar refractivity (Wildman–Crippen MR) is 72.4 cm³/mol. The number of benzene rings is 2. The summed E-state index contributed by atoms with van der Waals surface area (Å²) in [5.74, 6) is -0.792. The number of nitrogens with one attached hydrogen (secondary N) is 1. The molecule has 0 saturated carbocycles. The molecule has 100 valence electrons. The molecule has 3 rings (SSSR count). The second-order valence-electron chi connectivity index (χ2n) is 4.05. The Bertz CT molecular complexity index is 800. The van der Waals surface area contributed by atoms with E-state index < -0.39 is 5.97 Å². The molecule has 0 unspecified atom stereocenters. The molecule has 0 spiro atoms. The summed E-state index contributed by atoms with van der Waals surface area (Å²) in [5.41, 5.74) is -0.193. The number of halogens is 1. The first-order valence-corrected chi connectivity index (χ1v) is 6.03. The summed E-state index contributed by atoms with van der Waals surface area (Å²) in [4.78, 5) is 10.9. The summed E-state index contributed by atoms with van der Waals surface area (Å²) in [7, 11) is 0. The second kappa shape index (κ2) is 4.82. The van der Waals surface area contributed by atoms with Crippen LogP contribution in [0.4, 0.5) is 0 Å². The monoisotopic (exact) mass is 289 g/mol. The molecule has 1 heterocycles. The van der Waals surface area contributed by atoms with Crippen molar-refractivity contribution in [2.75, 3.05) is 0 Å². The molecule has 2 aromatic carbocycles. The van der Waals surface area contributed by atoms with Crippen LogP contribution >= 0.6 is 11.6 Å². The van der Waals surface area contributed by atoms with Gasteiger partial charge in [-0.2, -0.15) is 0 Å². The summed E-state index contributed by atoms with van der Waals surface area (Å²) in [6.45, 7) is 0. The van der Waals surface area contributed by atoms with Crippen molar-refractivity contribution in [3.63, 3.8) is 0 Å². The fourth-order valence-corrected chi connectivity index (χ4v) is 1.98. The van der Waals surface area contributed by atoms with Gasteiger partial charge in [-0.05, 0) is 35.0 Å². The van der Waals surface area contributed by atoms with Crippen LogP contribution in [0.15, 0.2) is 36.4 Å². The molecule has 0 aliphatic heterocycles. The Hall–Kier alpha value is -2.60. The summed E-state index contributed by atoms with van der Waals surface area (Å²) >= 11 is 5.91. The number of hydrogen-bond donors (Lipinski definition) is 2. The van der Waals surface area contributed by atoms with E-state index in [1.54, 1.807) is 18.2 Å². The lowest BCUT2D eigenvalue weighted by Gasteiger charge is -2.05. The molecule has 7 heteroatoms. The molecule has 0 radical (unpaired) electrons. The van der Waals surface area contributed by atoms with Gasteiger partial charge < -0.3 is 9.84 Å². The van der Waals surface area contributed by atoms with Crippen LogP contribution in [-0.2, 0) is 0 Å². The van der Waals surface area contributed by atoms with E-state index in [9.17, 15) is 4.79 Å². The van der Waals surface area contributed by atoms with Crippen LogP contribution in [-0.4, -0.2) is 26.5 Å². The first kappa shape index (κ1) is 12.4. The second-order valence-corrected chi connectivity index (χ2v) is 4.49. The number of aromatic amines is 1. The average molecular weight is 290 g/mol. The quantitative estimate of drug-likeness (QED) is 0.773. The molecular formula is C13H8ClN3O3. The average Bonchev–Trinajstić information content (AvgIpc) is 2.87. The topological polar surface area (TPSA) is 88.1 Å². The zero-order valence-electron chi connectivity index (χ0n) is 10.0. The fraction of sp³-hybridized carbons (Fsp3) is 0. The highest BCUT2D eigenvalue weighted by atomic mass is 35.5. The molecule has 2 N–H and O–H groups in total. The van der Waals surface area contributed by atoms with E-state index in [2.05, 4.69) is 15.4 Å². The minimum absolute atomic E-state index is 0.0780. The highest BCUT2D eigenvalue weighted by Gasteiger charge is 2.16. The maximum atomic E-state index is 10.9. The van der Waals surface area contributed by atoms with E-state index in [1.807, 2.05) is 18.2 Å². The zero-order valence-corrected chi connectivity index (χ0v) is 10.8. The molecule has 0 saturated heterocycles. The lowest BCUT2D eigenvalue weighted by molar-refractivity contribution is 0.0687. The van der Waals surface area contributed by atoms with Crippen LogP contribution in [0.3, 0.4) is 0 Å². The predicted octanol–water partition coefficient (Wildman–Crippen LogP) is 3.10. The highest BCUT2D eigenvalue weighted by molar-refractivity contribution is 6.31. The van der Waals surface area contributed by atoms with Gasteiger partial charge in [-0.3, -0.25) is 0 Å². The van der Waals surface area contributed by atoms with Gasteiger partial charge in [0.05, 0.1) is 0 Å². The maximum absolute atomic E-state index is 10.9. The Morgan fingerprint density at radius 1 is 1.20 bits per heavy atom. The van der Waals surface area contributed by atoms with Gasteiger partial charge in [-0.15, -0.1) is 0 Å². The van der Waals surface area contributed by atoms with Gasteiger partial charge in [0.2, 0.25) is 5.69 Å². The summed E-state index contributed by atoms with van der Waals surface area (Å²) in [5, 5.41) is 20.7. The number of fused-ring (bicyclic) bond motifs is 1. The Kier molecular flexibility index (Phi) is 3.00. The van der Waals surface area contributed by atoms with Crippen molar-refractivity contribution in [2.45, 2.75) is 0 Å². The molecule has 3 aromatic rings.